The molecule has 0 spiro atoms. The molecule has 1 atom stereocenters. The summed E-state index contributed by atoms with van der Waals surface area (Å²) in [7, 11) is 0. The van der Waals surface area contributed by atoms with Gasteiger partial charge in [-0.25, -0.2) is 4.79 Å². The molecule has 7 heteroatoms. The number of carbonyl (C=O) groups is 1. The van der Waals surface area contributed by atoms with Gasteiger partial charge in [-0.3, -0.25) is 4.90 Å². The maximum Gasteiger partial charge on any atom is 0.410 e. The second kappa shape index (κ2) is 5.45. The van der Waals surface area contributed by atoms with Crippen molar-refractivity contribution in [2.24, 2.45) is 0 Å². The van der Waals surface area contributed by atoms with Crippen molar-refractivity contribution in [2.75, 3.05) is 13.2 Å². The number of rotatable bonds is 2. The molecule has 0 aliphatic carbocycles. The van der Waals surface area contributed by atoms with Gasteiger partial charge in [-0.05, 0) is 17.7 Å². The Labute approximate surface area is 128 Å². The number of amides is 1. The third kappa shape index (κ3) is 3.92. The van der Waals surface area contributed by atoms with Crippen molar-refractivity contribution in [2.45, 2.75) is 9.83 Å². The van der Waals surface area contributed by atoms with E-state index < -0.39 is 9.89 Å². The van der Waals surface area contributed by atoms with E-state index in [9.17, 15) is 4.79 Å². The Kier molecular flexibility index (Phi) is 4.32. The smallest absolute Gasteiger partial charge is 0.410 e. The van der Waals surface area contributed by atoms with Crippen LogP contribution in [0.1, 0.15) is 11.6 Å². The van der Waals surface area contributed by atoms with E-state index in [4.69, 9.17) is 39.5 Å². The molecule has 3 nitrogen and oxygen atoms in total. The van der Waals surface area contributed by atoms with Gasteiger partial charge >= 0.3 is 6.09 Å². The van der Waals surface area contributed by atoms with Crippen molar-refractivity contribution in [3.05, 3.63) is 34.3 Å². The van der Waals surface area contributed by atoms with Gasteiger partial charge < -0.3 is 4.74 Å². The molecule has 1 heterocycles. The van der Waals surface area contributed by atoms with E-state index >= 15 is 0 Å². The van der Waals surface area contributed by atoms with Gasteiger partial charge in [-0.1, -0.05) is 62.9 Å². The molecule has 1 aliphatic heterocycles. The third-order valence-electron chi connectivity index (χ3n) is 2.46. The first-order valence-electron chi connectivity index (χ1n) is 5.12. The van der Waals surface area contributed by atoms with Crippen LogP contribution in [0.25, 0.3) is 0 Å². The summed E-state index contributed by atoms with van der Waals surface area (Å²) in [6.07, 6.45) is -0.464. The van der Waals surface area contributed by atoms with Crippen LogP contribution in [0.3, 0.4) is 0 Å². The number of hydrogen-bond acceptors (Lipinski definition) is 2. The second-order valence-electron chi connectivity index (χ2n) is 3.89. The maximum absolute atomic E-state index is 11.6. The summed E-state index contributed by atoms with van der Waals surface area (Å²) in [5.74, 6) is 0. The average molecular weight is 373 g/mol. The Hall–Kier alpha value is -0.160. The van der Waals surface area contributed by atoms with E-state index in [2.05, 4.69) is 15.9 Å². The molecule has 0 saturated carbocycles. The Morgan fingerprint density at radius 3 is 2.56 bits per heavy atom. The minimum atomic E-state index is -1.57. The Bertz CT molecular complexity index is 447. The van der Waals surface area contributed by atoms with E-state index in [1.165, 1.54) is 0 Å². The van der Waals surface area contributed by atoms with E-state index in [0.717, 1.165) is 10.0 Å². The van der Waals surface area contributed by atoms with Crippen molar-refractivity contribution in [3.63, 3.8) is 0 Å². The number of alkyl halides is 3. The van der Waals surface area contributed by atoms with Crippen LogP contribution in [-0.2, 0) is 4.74 Å². The molecule has 0 aromatic heterocycles. The highest BCUT2D eigenvalue weighted by molar-refractivity contribution is 9.10. The lowest BCUT2D eigenvalue weighted by molar-refractivity contribution is 0.131. The number of benzene rings is 1. The van der Waals surface area contributed by atoms with E-state index in [0.29, 0.717) is 6.54 Å². The summed E-state index contributed by atoms with van der Waals surface area (Å²) in [4.78, 5) is 13.2. The summed E-state index contributed by atoms with van der Waals surface area (Å²) in [6, 6.07) is 7.83. The molecule has 0 N–H and O–H groups in total. The minimum Gasteiger partial charge on any atom is -0.445 e. The Morgan fingerprint density at radius 1 is 1.39 bits per heavy atom. The standard InChI is InChI=1S/C11H9BrCl3NO2/c12-8-3-1-7(2-4-8)9-5-16(9)10(17)18-6-11(13,14)15/h1-4,9H,5-6H2. The molecule has 0 bridgehead atoms. The summed E-state index contributed by atoms with van der Waals surface area (Å²) in [5.41, 5.74) is 1.06. The molecule has 2 rings (SSSR count). The molecule has 18 heavy (non-hydrogen) atoms. The molecule has 1 aliphatic rings. The maximum atomic E-state index is 11.6. The average Bonchev–Trinajstić information content (AvgIpc) is 3.06. The van der Waals surface area contributed by atoms with Crippen LogP contribution in [0.2, 0.25) is 0 Å². The van der Waals surface area contributed by atoms with E-state index in [1.807, 2.05) is 24.3 Å². The molecular formula is C11H9BrCl3NO2. The largest absolute Gasteiger partial charge is 0.445 e. The van der Waals surface area contributed by atoms with Gasteiger partial charge in [0.15, 0.2) is 0 Å². The lowest BCUT2D eigenvalue weighted by atomic mass is 10.2. The molecule has 0 radical (unpaired) electrons. The van der Waals surface area contributed by atoms with Crippen LogP contribution in [-0.4, -0.2) is 27.9 Å². The summed E-state index contributed by atoms with van der Waals surface area (Å²) >= 11 is 19.9. The van der Waals surface area contributed by atoms with E-state index in [-0.39, 0.29) is 12.6 Å². The third-order valence-corrected chi connectivity index (χ3v) is 3.32. The molecule has 1 unspecified atom stereocenters. The van der Waals surface area contributed by atoms with Crippen molar-refractivity contribution in [3.8, 4) is 0 Å². The van der Waals surface area contributed by atoms with Crippen molar-refractivity contribution >= 4 is 56.8 Å². The van der Waals surface area contributed by atoms with Crippen molar-refractivity contribution in [1.29, 1.82) is 0 Å². The first kappa shape index (κ1) is 14.3. The fourth-order valence-corrected chi connectivity index (χ4v) is 1.97. The van der Waals surface area contributed by atoms with Gasteiger partial charge in [-0.15, -0.1) is 0 Å². The fraction of sp³-hybridized carbons (Fsp3) is 0.364. The zero-order valence-electron chi connectivity index (χ0n) is 9.08. The van der Waals surface area contributed by atoms with Gasteiger partial charge in [0.2, 0.25) is 3.79 Å². The van der Waals surface area contributed by atoms with Gasteiger partial charge in [0.25, 0.3) is 0 Å². The van der Waals surface area contributed by atoms with Crippen molar-refractivity contribution in [1.82, 2.24) is 4.90 Å². The summed E-state index contributed by atoms with van der Waals surface area (Å²) in [6.45, 7) is 0.375. The van der Waals surface area contributed by atoms with Gasteiger partial charge in [0.05, 0.1) is 6.04 Å². The summed E-state index contributed by atoms with van der Waals surface area (Å²) in [5, 5.41) is 0. The quantitative estimate of drug-likeness (QED) is 0.571. The van der Waals surface area contributed by atoms with Crippen LogP contribution in [0.4, 0.5) is 4.79 Å². The molecule has 98 valence electrons. The van der Waals surface area contributed by atoms with Gasteiger partial charge in [0.1, 0.15) is 6.61 Å². The van der Waals surface area contributed by atoms with Crippen LogP contribution in [0.15, 0.2) is 28.7 Å². The number of hydrogen-bond donors (Lipinski definition) is 0. The zero-order valence-corrected chi connectivity index (χ0v) is 12.9. The molecular weight excluding hydrogens is 364 g/mol. The van der Waals surface area contributed by atoms with Crippen molar-refractivity contribution < 1.29 is 9.53 Å². The Morgan fingerprint density at radius 2 is 2.00 bits per heavy atom. The minimum absolute atomic E-state index is 0.0565. The highest BCUT2D eigenvalue weighted by atomic mass is 79.9. The lowest BCUT2D eigenvalue weighted by Crippen LogP contribution is -2.21. The second-order valence-corrected chi connectivity index (χ2v) is 7.32. The number of nitrogens with zero attached hydrogens (tertiary/aromatic N) is 1. The first-order chi connectivity index (χ1) is 8.37. The number of ether oxygens (including phenoxy) is 1. The van der Waals surface area contributed by atoms with Crippen LogP contribution in [0.5, 0.6) is 0 Å². The summed E-state index contributed by atoms with van der Waals surface area (Å²) < 4.78 is 4.31. The normalized spacial score (nSPS) is 18.7. The number of carbonyl (C=O) groups excluding carboxylic acids is 1. The predicted molar refractivity (Wildman–Crippen MR) is 75.2 cm³/mol. The monoisotopic (exact) mass is 371 g/mol. The van der Waals surface area contributed by atoms with Crippen LogP contribution >= 0.6 is 50.7 Å². The lowest BCUT2D eigenvalue weighted by Gasteiger charge is -2.12. The van der Waals surface area contributed by atoms with E-state index in [1.54, 1.807) is 4.90 Å². The first-order valence-corrected chi connectivity index (χ1v) is 7.05. The van der Waals surface area contributed by atoms with Crippen LogP contribution in [0, 0.1) is 0 Å². The highest BCUT2D eigenvalue weighted by Crippen LogP contribution is 2.36. The molecule has 1 aromatic rings. The molecule has 1 aromatic carbocycles. The Balaban J connectivity index is 1.87. The predicted octanol–water partition coefficient (Wildman–Crippen LogP) is 4.31. The molecule has 1 fully saturated rings. The highest BCUT2D eigenvalue weighted by Gasteiger charge is 2.41. The number of halogens is 4. The SMILES string of the molecule is O=C(OCC(Cl)(Cl)Cl)N1CC1c1ccc(Br)cc1. The molecule has 1 amide bonds. The van der Waals surface area contributed by atoms with Crippen LogP contribution < -0.4 is 0 Å². The van der Waals surface area contributed by atoms with Gasteiger partial charge in [-0.2, -0.15) is 0 Å². The zero-order chi connectivity index (χ0) is 13.3. The molecule has 1 saturated heterocycles. The topological polar surface area (TPSA) is 29.3 Å². The fourth-order valence-electron chi connectivity index (χ4n) is 1.54. The van der Waals surface area contributed by atoms with Gasteiger partial charge in [0, 0.05) is 11.0 Å².